The van der Waals surface area contributed by atoms with Crippen LogP contribution in [0.25, 0.3) is 0 Å². The molecule has 1 heterocycles. The monoisotopic (exact) mass is 282 g/mol. The Kier molecular flexibility index (Phi) is 4.46. The van der Waals surface area contributed by atoms with Crippen molar-refractivity contribution in [2.24, 2.45) is 0 Å². The summed E-state index contributed by atoms with van der Waals surface area (Å²) in [4.78, 5) is 20.0. The number of nitrogens with zero attached hydrogens (tertiary/aromatic N) is 3. The van der Waals surface area contributed by atoms with Gasteiger partial charge < -0.3 is 10.1 Å². The number of aromatic nitrogens is 2. The SMILES string of the molecule is COc1cccc(CNC(=O)c2cc(C#N)nc(C)n2)c1. The molecule has 2 rings (SSSR count). The van der Waals surface area contributed by atoms with Gasteiger partial charge in [-0.1, -0.05) is 12.1 Å². The maximum atomic E-state index is 12.1. The van der Waals surface area contributed by atoms with Gasteiger partial charge in [0.15, 0.2) is 0 Å². The van der Waals surface area contributed by atoms with E-state index in [0.29, 0.717) is 12.4 Å². The van der Waals surface area contributed by atoms with Crippen LogP contribution in [0.4, 0.5) is 0 Å². The second-order valence-electron chi connectivity index (χ2n) is 4.33. The summed E-state index contributed by atoms with van der Waals surface area (Å²) in [5, 5.41) is 11.6. The number of ether oxygens (including phenoxy) is 1. The summed E-state index contributed by atoms with van der Waals surface area (Å²) >= 11 is 0. The number of nitriles is 1. The summed E-state index contributed by atoms with van der Waals surface area (Å²) in [5.74, 6) is 0.770. The number of benzene rings is 1. The molecule has 1 N–H and O–H groups in total. The van der Waals surface area contributed by atoms with Crippen molar-refractivity contribution in [2.75, 3.05) is 7.11 Å². The maximum Gasteiger partial charge on any atom is 0.270 e. The Balaban J connectivity index is 2.08. The third-order valence-electron chi connectivity index (χ3n) is 2.77. The zero-order valence-corrected chi connectivity index (χ0v) is 11.8. The maximum absolute atomic E-state index is 12.1. The molecular formula is C15H14N4O2. The van der Waals surface area contributed by atoms with Gasteiger partial charge in [-0.05, 0) is 24.6 Å². The Morgan fingerprint density at radius 2 is 2.19 bits per heavy atom. The van der Waals surface area contributed by atoms with E-state index < -0.39 is 0 Å². The van der Waals surface area contributed by atoms with Gasteiger partial charge in [0.1, 0.15) is 29.0 Å². The van der Waals surface area contributed by atoms with Crippen molar-refractivity contribution in [3.8, 4) is 11.8 Å². The van der Waals surface area contributed by atoms with E-state index in [1.165, 1.54) is 6.07 Å². The average molecular weight is 282 g/mol. The summed E-state index contributed by atoms with van der Waals surface area (Å²) in [5.41, 5.74) is 1.27. The zero-order chi connectivity index (χ0) is 15.2. The predicted octanol–water partition coefficient (Wildman–Crippen LogP) is 1.60. The van der Waals surface area contributed by atoms with Crippen LogP contribution in [0.15, 0.2) is 30.3 Å². The van der Waals surface area contributed by atoms with Gasteiger partial charge in [-0.25, -0.2) is 9.97 Å². The lowest BCUT2D eigenvalue weighted by atomic mass is 10.2. The van der Waals surface area contributed by atoms with Crippen LogP contribution in [0.3, 0.4) is 0 Å². The Hall–Kier alpha value is -2.94. The van der Waals surface area contributed by atoms with Crippen molar-refractivity contribution in [3.05, 3.63) is 53.1 Å². The van der Waals surface area contributed by atoms with Crippen LogP contribution < -0.4 is 10.1 Å². The van der Waals surface area contributed by atoms with E-state index in [-0.39, 0.29) is 17.3 Å². The van der Waals surface area contributed by atoms with Crippen molar-refractivity contribution in [1.29, 1.82) is 5.26 Å². The molecule has 1 amide bonds. The third-order valence-corrected chi connectivity index (χ3v) is 2.77. The smallest absolute Gasteiger partial charge is 0.270 e. The van der Waals surface area contributed by atoms with Crippen molar-refractivity contribution in [1.82, 2.24) is 15.3 Å². The lowest BCUT2D eigenvalue weighted by Crippen LogP contribution is -2.24. The zero-order valence-electron chi connectivity index (χ0n) is 11.8. The molecule has 0 aliphatic carbocycles. The van der Waals surface area contributed by atoms with Crippen LogP contribution in [0.5, 0.6) is 5.75 Å². The Labute approximate surface area is 122 Å². The second kappa shape index (κ2) is 6.48. The quantitative estimate of drug-likeness (QED) is 0.920. The van der Waals surface area contributed by atoms with Crippen molar-refractivity contribution < 1.29 is 9.53 Å². The van der Waals surface area contributed by atoms with E-state index in [2.05, 4.69) is 15.3 Å². The molecule has 0 saturated carbocycles. The standard InChI is InChI=1S/C15H14N4O2/c1-10-18-12(8-16)7-14(19-10)15(20)17-9-11-4-3-5-13(6-11)21-2/h3-7H,9H2,1-2H3,(H,17,20). The van der Waals surface area contributed by atoms with Crippen molar-refractivity contribution in [2.45, 2.75) is 13.5 Å². The first-order valence-electron chi connectivity index (χ1n) is 6.29. The first kappa shape index (κ1) is 14.5. The number of nitrogens with one attached hydrogen (secondary N) is 1. The van der Waals surface area contributed by atoms with Gasteiger partial charge in [-0.2, -0.15) is 5.26 Å². The number of rotatable bonds is 4. The summed E-state index contributed by atoms with van der Waals surface area (Å²) in [6.07, 6.45) is 0. The number of carbonyl (C=O) groups excluding carboxylic acids is 1. The van der Waals surface area contributed by atoms with Crippen LogP contribution in [0.1, 0.15) is 27.6 Å². The molecule has 0 aliphatic rings. The van der Waals surface area contributed by atoms with Crippen LogP contribution in [-0.4, -0.2) is 23.0 Å². The fourth-order valence-electron chi connectivity index (χ4n) is 1.80. The molecule has 6 nitrogen and oxygen atoms in total. The van der Waals surface area contributed by atoms with Gasteiger partial charge in [0, 0.05) is 12.6 Å². The fourth-order valence-corrected chi connectivity index (χ4v) is 1.80. The predicted molar refractivity (Wildman–Crippen MR) is 75.6 cm³/mol. The minimum Gasteiger partial charge on any atom is -0.497 e. The van der Waals surface area contributed by atoms with Gasteiger partial charge in [-0.15, -0.1) is 0 Å². The number of carbonyl (C=O) groups is 1. The summed E-state index contributed by atoms with van der Waals surface area (Å²) < 4.78 is 5.12. The Bertz CT molecular complexity index is 707. The van der Waals surface area contributed by atoms with Gasteiger partial charge in [0.25, 0.3) is 5.91 Å². The van der Waals surface area contributed by atoms with Crippen LogP contribution in [0.2, 0.25) is 0 Å². The molecule has 106 valence electrons. The summed E-state index contributed by atoms with van der Waals surface area (Å²) in [6.45, 7) is 1.99. The van der Waals surface area contributed by atoms with Crippen LogP contribution in [0, 0.1) is 18.3 Å². The van der Waals surface area contributed by atoms with Gasteiger partial charge in [-0.3, -0.25) is 4.79 Å². The molecule has 1 aromatic carbocycles. The van der Waals surface area contributed by atoms with Crippen molar-refractivity contribution >= 4 is 5.91 Å². The topological polar surface area (TPSA) is 87.9 Å². The molecule has 2 aromatic rings. The number of hydrogen-bond acceptors (Lipinski definition) is 5. The molecule has 0 bridgehead atoms. The summed E-state index contributed by atoms with van der Waals surface area (Å²) in [7, 11) is 1.59. The van der Waals surface area contributed by atoms with E-state index in [9.17, 15) is 4.79 Å². The fraction of sp³-hybridized carbons (Fsp3) is 0.200. The van der Waals surface area contributed by atoms with Gasteiger partial charge in [0.05, 0.1) is 7.11 Å². The number of hydrogen-bond donors (Lipinski definition) is 1. The first-order valence-corrected chi connectivity index (χ1v) is 6.29. The molecule has 0 unspecified atom stereocenters. The highest BCUT2D eigenvalue weighted by Crippen LogP contribution is 2.12. The number of aryl methyl sites for hydroxylation is 1. The molecule has 0 atom stereocenters. The third kappa shape index (κ3) is 3.76. The van der Waals surface area contributed by atoms with E-state index in [1.54, 1.807) is 14.0 Å². The lowest BCUT2D eigenvalue weighted by molar-refractivity contribution is 0.0945. The highest BCUT2D eigenvalue weighted by Gasteiger charge is 2.10. The average Bonchev–Trinajstić information content (AvgIpc) is 2.52. The highest BCUT2D eigenvalue weighted by atomic mass is 16.5. The minimum absolute atomic E-state index is 0.175. The van der Waals surface area contributed by atoms with E-state index >= 15 is 0 Å². The van der Waals surface area contributed by atoms with Crippen LogP contribution >= 0.6 is 0 Å². The molecule has 1 aromatic heterocycles. The molecule has 0 radical (unpaired) electrons. The molecule has 21 heavy (non-hydrogen) atoms. The van der Waals surface area contributed by atoms with Gasteiger partial charge in [0.2, 0.25) is 0 Å². The van der Waals surface area contributed by atoms with Crippen LogP contribution in [-0.2, 0) is 6.54 Å². The highest BCUT2D eigenvalue weighted by molar-refractivity contribution is 5.92. The Morgan fingerprint density at radius 1 is 1.38 bits per heavy atom. The molecule has 6 heteroatoms. The second-order valence-corrected chi connectivity index (χ2v) is 4.33. The lowest BCUT2D eigenvalue weighted by Gasteiger charge is -2.07. The molecule has 0 saturated heterocycles. The molecule has 0 aliphatic heterocycles. The van der Waals surface area contributed by atoms with E-state index in [1.807, 2.05) is 30.3 Å². The molecular weight excluding hydrogens is 268 g/mol. The largest absolute Gasteiger partial charge is 0.497 e. The minimum atomic E-state index is -0.347. The molecule has 0 fully saturated rings. The normalized spacial score (nSPS) is 9.76. The van der Waals surface area contributed by atoms with Crippen molar-refractivity contribution in [3.63, 3.8) is 0 Å². The first-order chi connectivity index (χ1) is 10.1. The molecule has 0 spiro atoms. The van der Waals surface area contributed by atoms with E-state index in [4.69, 9.17) is 10.00 Å². The Morgan fingerprint density at radius 3 is 2.90 bits per heavy atom. The number of amides is 1. The van der Waals surface area contributed by atoms with Gasteiger partial charge >= 0.3 is 0 Å². The number of methoxy groups -OCH3 is 1. The summed E-state index contributed by atoms with van der Waals surface area (Å²) in [6, 6.07) is 10.7. The van der Waals surface area contributed by atoms with E-state index in [0.717, 1.165) is 11.3 Å².